The summed E-state index contributed by atoms with van der Waals surface area (Å²) < 4.78 is 68.7. The van der Waals surface area contributed by atoms with Crippen molar-refractivity contribution in [2.75, 3.05) is 39.6 Å². The average Bonchev–Trinajstić information content (AvgIpc) is 1.37. The van der Waals surface area contributed by atoms with Crippen LogP contribution >= 0.6 is 15.6 Å². The molecule has 0 rings (SSSR count). The number of unbranched alkanes of at least 4 members (excludes halogenated alkanes) is 46. The zero-order valence-electron chi connectivity index (χ0n) is 63.4. The molecule has 0 bridgehead atoms. The lowest BCUT2D eigenvalue weighted by Crippen LogP contribution is -2.30. The summed E-state index contributed by atoms with van der Waals surface area (Å²) in [5.41, 5.74) is 0. The Kier molecular flexibility index (Phi) is 68.4. The number of carbonyl (C=O) groups is 4. The Balaban J connectivity index is 5.27. The number of carbonyl (C=O) groups excluding carboxylic acids is 4. The summed E-state index contributed by atoms with van der Waals surface area (Å²) in [6, 6.07) is 0. The van der Waals surface area contributed by atoms with Gasteiger partial charge in [0.15, 0.2) is 12.2 Å². The highest BCUT2D eigenvalue weighted by Crippen LogP contribution is 2.45. The number of phosphoric acid groups is 2. The molecule has 6 atom stereocenters. The molecule has 0 aliphatic rings. The van der Waals surface area contributed by atoms with E-state index in [4.69, 9.17) is 37.0 Å². The van der Waals surface area contributed by atoms with E-state index < -0.39 is 97.5 Å². The van der Waals surface area contributed by atoms with Gasteiger partial charge < -0.3 is 33.8 Å². The van der Waals surface area contributed by atoms with Crippen LogP contribution < -0.4 is 0 Å². The monoisotopic (exact) mass is 1420 g/mol. The third-order valence-electron chi connectivity index (χ3n) is 18.6. The molecule has 0 amide bonds. The molecule has 0 aromatic rings. The van der Waals surface area contributed by atoms with Gasteiger partial charge in [0.1, 0.15) is 19.3 Å². The van der Waals surface area contributed by atoms with Crippen molar-refractivity contribution in [1.82, 2.24) is 0 Å². The minimum absolute atomic E-state index is 0.106. The molecule has 0 spiro atoms. The Hall–Kier alpha value is -1.94. The molecule has 19 heteroatoms. The van der Waals surface area contributed by atoms with Gasteiger partial charge in [0.25, 0.3) is 0 Å². The van der Waals surface area contributed by atoms with Crippen molar-refractivity contribution in [2.45, 2.75) is 426 Å². The highest BCUT2D eigenvalue weighted by molar-refractivity contribution is 7.47. The molecule has 3 unspecified atom stereocenters. The van der Waals surface area contributed by atoms with E-state index in [0.29, 0.717) is 25.7 Å². The first-order valence-electron chi connectivity index (χ1n) is 40.5. The van der Waals surface area contributed by atoms with E-state index in [1.165, 1.54) is 225 Å². The van der Waals surface area contributed by atoms with Gasteiger partial charge in [-0.1, -0.05) is 356 Å². The molecule has 0 fully saturated rings. The molecule has 97 heavy (non-hydrogen) atoms. The van der Waals surface area contributed by atoms with Gasteiger partial charge in [-0.15, -0.1) is 0 Å². The number of aliphatic hydroxyl groups is 1. The fourth-order valence-electron chi connectivity index (χ4n) is 12.0. The maximum Gasteiger partial charge on any atom is 0.472 e. The summed E-state index contributed by atoms with van der Waals surface area (Å²) in [6.07, 6.45) is 58.1. The van der Waals surface area contributed by atoms with Gasteiger partial charge in [-0.2, -0.15) is 0 Å². The molecular formula is C78H152O17P2. The van der Waals surface area contributed by atoms with E-state index in [9.17, 15) is 43.2 Å². The standard InChI is InChI=1S/C78H152O17P2/c1-7-10-12-14-16-18-20-22-24-26-28-30-37-44-50-56-62-77(82)94-73(66-88-75(80)60-54-48-42-36-29-27-25-23-21-19-17-15-13-11-8-2)68-92-96(84,85)90-64-72(79)65-91-97(86,87)93-69-74(67-89-76(81)61-55-49-43-39-33-34-40-46-52-58-70(4)5)95-78(83)63-57-51-45-38-32-31-35-41-47-53-59-71(6)9-3/h70-74,79H,7-69H2,1-6H3,(H,84,85)(H,86,87)/t71?,72-,73-,74-/m1/s1. The second-order valence-corrected chi connectivity index (χ2v) is 31.7. The van der Waals surface area contributed by atoms with Crippen molar-refractivity contribution in [2.24, 2.45) is 11.8 Å². The minimum Gasteiger partial charge on any atom is -0.462 e. The number of esters is 4. The van der Waals surface area contributed by atoms with Crippen LogP contribution in [0, 0.1) is 11.8 Å². The van der Waals surface area contributed by atoms with Crippen LogP contribution in [0.15, 0.2) is 0 Å². The van der Waals surface area contributed by atoms with Gasteiger partial charge in [-0.3, -0.25) is 37.3 Å². The second-order valence-electron chi connectivity index (χ2n) is 28.8. The average molecular weight is 1420 g/mol. The van der Waals surface area contributed by atoms with Gasteiger partial charge in [0, 0.05) is 25.7 Å². The van der Waals surface area contributed by atoms with Crippen molar-refractivity contribution in [3.63, 3.8) is 0 Å². The summed E-state index contributed by atoms with van der Waals surface area (Å²) >= 11 is 0. The lowest BCUT2D eigenvalue weighted by molar-refractivity contribution is -0.161. The Morgan fingerprint density at radius 3 is 0.784 bits per heavy atom. The zero-order valence-corrected chi connectivity index (χ0v) is 65.2. The topological polar surface area (TPSA) is 237 Å². The first kappa shape index (κ1) is 95.1. The molecule has 576 valence electrons. The van der Waals surface area contributed by atoms with E-state index in [2.05, 4.69) is 41.5 Å². The normalized spacial score (nSPS) is 14.2. The summed E-state index contributed by atoms with van der Waals surface area (Å²) in [4.78, 5) is 73.0. The lowest BCUT2D eigenvalue weighted by atomic mass is 9.99. The third kappa shape index (κ3) is 70.9. The molecule has 3 N–H and O–H groups in total. The maximum atomic E-state index is 13.1. The number of rotatable bonds is 77. The number of aliphatic hydroxyl groups excluding tert-OH is 1. The zero-order chi connectivity index (χ0) is 71.4. The molecule has 0 aromatic carbocycles. The molecule has 0 heterocycles. The second kappa shape index (κ2) is 69.8. The van der Waals surface area contributed by atoms with Crippen LogP contribution in [0.2, 0.25) is 0 Å². The largest absolute Gasteiger partial charge is 0.472 e. The van der Waals surface area contributed by atoms with E-state index in [-0.39, 0.29) is 25.7 Å². The molecular weight excluding hydrogens is 1270 g/mol. The summed E-state index contributed by atoms with van der Waals surface area (Å²) in [5, 5.41) is 10.6. The predicted molar refractivity (Wildman–Crippen MR) is 395 cm³/mol. The molecule has 0 saturated heterocycles. The van der Waals surface area contributed by atoms with E-state index in [0.717, 1.165) is 102 Å². The fraction of sp³-hybridized carbons (Fsp3) is 0.949. The lowest BCUT2D eigenvalue weighted by Gasteiger charge is -2.21. The first-order valence-corrected chi connectivity index (χ1v) is 43.5. The molecule has 0 aliphatic heterocycles. The number of phosphoric ester groups is 2. The number of hydrogen-bond donors (Lipinski definition) is 3. The molecule has 0 aliphatic carbocycles. The van der Waals surface area contributed by atoms with Crippen LogP contribution in [-0.2, 0) is 65.4 Å². The molecule has 0 radical (unpaired) electrons. The Labute approximate surface area is 594 Å². The van der Waals surface area contributed by atoms with E-state index in [1.807, 2.05) is 0 Å². The maximum absolute atomic E-state index is 13.1. The third-order valence-corrected chi connectivity index (χ3v) is 20.5. The SMILES string of the molecule is CCCCCCCCCCCCCCCCCCC(=O)O[C@H](COC(=O)CCCCCCCCCCCCCCCCC)COP(=O)(O)OC[C@@H](O)COP(=O)(O)OC[C@@H](COC(=O)CCCCCCCCCCCC(C)C)OC(=O)CCCCCCCCCCCCC(C)CC. The van der Waals surface area contributed by atoms with Gasteiger partial charge in [-0.25, -0.2) is 9.13 Å². The van der Waals surface area contributed by atoms with Crippen molar-refractivity contribution in [3.8, 4) is 0 Å². The van der Waals surface area contributed by atoms with Gasteiger partial charge in [0.05, 0.1) is 26.4 Å². The Bertz CT molecular complexity index is 1870. The Morgan fingerprint density at radius 1 is 0.299 bits per heavy atom. The number of ether oxygens (including phenoxy) is 4. The molecule has 0 saturated carbocycles. The van der Waals surface area contributed by atoms with Crippen molar-refractivity contribution >= 4 is 39.5 Å². The van der Waals surface area contributed by atoms with Crippen LogP contribution in [0.25, 0.3) is 0 Å². The van der Waals surface area contributed by atoms with Gasteiger partial charge >= 0.3 is 39.5 Å². The highest BCUT2D eigenvalue weighted by atomic mass is 31.2. The van der Waals surface area contributed by atoms with E-state index >= 15 is 0 Å². The van der Waals surface area contributed by atoms with Gasteiger partial charge in [0.2, 0.25) is 0 Å². The smallest absolute Gasteiger partial charge is 0.462 e. The minimum atomic E-state index is -4.96. The van der Waals surface area contributed by atoms with Crippen LogP contribution in [0.1, 0.15) is 408 Å². The summed E-state index contributed by atoms with van der Waals surface area (Å²) in [7, 11) is -9.92. The Morgan fingerprint density at radius 2 is 0.526 bits per heavy atom. The van der Waals surface area contributed by atoms with Crippen LogP contribution in [0.5, 0.6) is 0 Å². The van der Waals surface area contributed by atoms with E-state index in [1.54, 1.807) is 0 Å². The van der Waals surface area contributed by atoms with Gasteiger partial charge in [-0.05, 0) is 37.5 Å². The summed E-state index contributed by atoms with van der Waals surface area (Å²) in [5.74, 6) is -0.564. The van der Waals surface area contributed by atoms with Crippen molar-refractivity contribution < 1.29 is 80.2 Å². The van der Waals surface area contributed by atoms with Crippen molar-refractivity contribution in [3.05, 3.63) is 0 Å². The predicted octanol–water partition coefficient (Wildman–Crippen LogP) is 23.1. The summed E-state index contributed by atoms with van der Waals surface area (Å²) in [6.45, 7) is 9.63. The first-order chi connectivity index (χ1) is 46.9. The van der Waals surface area contributed by atoms with Crippen LogP contribution in [0.3, 0.4) is 0 Å². The number of hydrogen-bond acceptors (Lipinski definition) is 15. The quantitative estimate of drug-likeness (QED) is 0.0222. The molecule has 17 nitrogen and oxygen atoms in total. The van der Waals surface area contributed by atoms with Crippen molar-refractivity contribution in [1.29, 1.82) is 0 Å². The highest BCUT2D eigenvalue weighted by Gasteiger charge is 2.30. The fourth-order valence-corrected chi connectivity index (χ4v) is 13.6. The molecule has 0 aromatic heterocycles. The van der Waals surface area contributed by atoms with Crippen LogP contribution in [0.4, 0.5) is 0 Å². The van der Waals surface area contributed by atoms with Crippen LogP contribution in [-0.4, -0.2) is 96.7 Å².